The SMILES string of the molecule is COc1cc2ncn3c(=O)c4sccc4nc3c2cc1OCCCN1CCN(C)CC1. The van der Waals surface area contributed by atoms with Crippen LogP contribution < -0.4 is 15.0 Å². The van der Waals surface area contributed by atoms with E-state index in [1.165, 1.54) is 22.1 Å². The Balaban J connectivity index is 1.42. The van der Waals surface area contributed by atoms with E-state index in [0.717, 1.165) is 44.5 Å². The molecule has 1 aromatic carbocycles. The second-order valence-electron chi connectivity index (χ2n) is 7.86. The summed E-state index contributed by atoms with van der Waals surface area (Å²) < 4.78 is 13.8. The van der Waals surface area contributed by atoms with Crippen molar-refractivity contribution in [3.05, 3.63) is 40.3 Å². The lowest BCUT2D eigenvalue weighted by molar-refractivity contribution is 0.145. The molecule has 1 aliphatic heterocycles. The van der Waals surface area contributed by atoms with Gasteiger partial charge in [-0.05, 0) is 31.0 Å². The normalized spacial score (nSPS) is 15.8. The molecule has 0 bridgehead atoms. The average molecular weight is 440 g/mol. The first-order valence-electron chi connectivity index (χ1n) is 10.4. The largest absolute Gasteiger partial charge is 0.493 e. The number of rotatable bonds is 6. The van der Waals surface area contributed by atoms with Gasteiger partial charge in [0, 0.05) is 44.2 Å². The van der Waals surface area contributed by atoms with E-state index in [2.05, 4.69) is 21.8 Å². The molecule has 0 spiro atoms. The smallest absolute Gasteiger partial charge is 0.277 e. The van der Waals surface area contributed by atoms with Crippen molar-refractivity contribution < 1.29 is 9.47 Å². The van der Waals surface area contributed by atoms with Crippen LogP contribution in [0.5, 0.6) is 11.5 Å². The van der Waals surface area contributed by atoms with Crippen molar-refractivity contribution in [1.29, 1.82) is 0 Å². The molecule has 31 heavy (non-hydrogen) atoms. The van der Waals surface area contributed by atoms with Gasteiger partial charge in [-0.15, -0.1) is 11.3 Å². The maximum atomic E-state index is 12.8. The summed E-state index contributed by atoms with van der Waals surface area (Å²) in [4.78, 5) is 26.8. The van der Waals surface area contributed by atoms with Crippen LogP contribution in [0.2, 0.25) is 0 Å². The monoisotopic (exact) mass is 439 g/mol. The first-order chi connectivity index (χ1) is 15.1. The molecule has 1 fully saturated rings. The topological polar surface area (TPSA) is 72.2 Å². The van der Waals surface area contributed by atoms with Crippen LogP contribution in [-0.4, -0.2) is 77.7 Å². The van der Waals surface area contributed by atoms with E-state index >= 15 is 0 Å². The number of likely N-dealkylation sites (N-methyl/N-ethyl adjacent to an activating group) is 1. The fourth-order valence-electron chi connectivity index (χ4n) is 3.99. The van der Waals surface area contributed by atoms with E-state index in [1.54, 1.807) is 7.11 Å². The molecule has 0 aliphatic carbocycles. The predicted molar refractivity (Wildman–Crippen MR) is 123 cm³/mol. The van der Waals surface area contributed by atoms with Crippen LogP contribution in [0.4, 0.5) is 0 Å². The highest BCUT2D eigenvalue weighted by atomic mass is 32.1. The van der Waals surface area contributed by atoms with Crippen LogP contribution >= 0.6 is 11.3 Å². The fraction of sp³-hybridized carbons (Fsp3) is 0.409. The van der Waals surface area contributed by atoms with E-state index in [0.29, 0.717) is 39.5 Å². The van der Waals surface area contributed by atoms with Gasteiger partial charge in [0.05, 0.1) is 24.8 Å². The summed E-state index contributed by atoms with van der Waals surface area (Å²) in [5, 5.41) is 2.65. The zero-order valence-electron chi connectivity index (χ0n) is 17.7. The quantitative estimate of drug-likeness (QED) is 0.338. The van der Waals surface area contributed by atoms with Gasteiger partial charge in [0.2, 0.25) is 0 Å². The van der Waals surface area contributed by atoms with E-state index in [1.807, 2.05) is 23.6 Å². The molecule has 3 aromatic heterocycles. The molecule has 162 valence electrons. The van der Waals surface area contributed by atoms with Crippen LogP contribution in [-0.2, 0) is 0 Å². The second kappa shape index (κ2) is 8.41. The van der Waals surface area contributed by atoms with Crippen LogP contribution in [0.3, 0.4) is 0 Å². The fourth-order valence-corrected chi connectivity index (χ4v) is 4.76. The van der Waals surface area contributed by atoms with Crippen molar-refractivity contribution in [1.82, 2.24) is 24.2 Å². The summed E-state index contributed by atoms with van der Waals surface area (Å²) in [7, 11) is 3.79. The molecule has 0 atom stereocenters. The minimum Gasteiger partial charge on any atom is -0.493 e. The van der Waals surface area contributed by atoms with E-state index in [9.17, 15) is 4.79 Å². The van der Waals surface area contributed by atoms with Crippen LogP contribution in [0.1, 0.15) is 6.42 Å². The molecule has 0 N–H and O–H groups in total. The first kappa shape index (κ1) is 20.2. The van der Waals surface area contributed by atoms with Gasteiger partial charge in [0.25, 0.3) is 5.56 Å². The standard InChI is InChI=1S/C22H25N5O3S/c1-25-6-8-26(9-7-25)5-3-10-30-19-12-15-17(13-18(19)29-2)23-14-27-21(15)24-16-4-11-31-20(16)22(27)28/h4,11-14H,3,5-10H2,1-2H3. The Bertz CT molecular complexity index is 1290. The molecule has 4 aromatic rings. The summed E-state index contributed by atoms with van der Waals surface area (Å²) in [6.07, 6.45) is 2.47. The molecule has 1 saturated heterocycles. The summed E-state index contributed by atoms with van der Waals surface area (Å²) in [6, 6.07) is 5.60. The summed E-state index contributed by atoms with van der Waals surface area (Å²) >= 11 is 1.39. The molecule has 0 unspecified atom stereocenters. The van der Waals surface area contributed by atoms with Gasteiger partial charge < -0.3 is 19.3 Å². The molecule has 5 rings (SSSR count). The summed E-state index contributed by atoms with van der Waals surface area (Å²) in [5.41, 5.74) is 1.89. The number of piperazine rings is 1. The van der Waals surface area contributed by atoms with E-state index in [4.69, 9.17) is 14.5 Å². The highest BCUT2D eigenvalue weighted by Crippen LogP contribution is 2.33. The lowest BCUT2D eigenvalue weighted by Gasteiger charge is -2.32. The Hall–Kier alpha value is -2.75. The number of benzene rings is 1. The van der Waals surface area contributed by atoms with Crippen molar-refractivity contribution in [2.24, 2.45) is 0 Å². The molecule has 0 radical (unpaired) electrons. The molecule has 8 nitrogen and oxygen atoms in total. The molecular formula is C22H25N5O3S. The van der Waals surface area contributed by atoms with Crippen molar-refractivity contribution in [2.45, 2.75) is 6.42 Å². The lowest BCUT2D eigenvalue weighted by atomic mass is 10.2. The third-order valence-electron chi connectivity index (χ3n) is 5.82. The van der Waals surface area contributed by atoms with E-state index < -0.39 is 0 Å². The highest BCUT2D eigenvalue weighted by molar-refractivity contribution is 7.17. The number of hydrogen-bond donors (Lipinski definition) is 0. The number of hydrogen-bond acceptors (Lipinski definition) is 8. The van der Waals surface area contributed by atoms with Gasteiger partial charge in [-0.1, -0.05) is 0 Å². The van der Waals surface area contributed by atoms with Gasteiger partial charge >= 0.3 is 0 Å². The molecule has 9 heteroatoms. The summed E-state index contributed by atoms with van der Waals surface area (Å²) in [5.74, 6) is 1.27. The minimum atomic E-state index is -0.102. The Labute approximate surface area is 183 Å². The maximum absolute atomic E-state index is 12.8. The van der Waals surface area contributed by atoms with Crippen LogP contribution in [0.25, 0.3) is 26.8 Å². The van der Waals surface area contributed by atoms with Gasteiger partial charge in [-0.25, -0.2) is 14.4 Å². The number of fused-ring (bicyclic) bond motifs is 4. The van der Waals surface area contributed by atoms with Crippen molar-refractivity contribution in [3.63, 3.8) is 0 Å². The van der Waals surface area contributed by atoms with Gasteiger partial charge in [0.1, 0.15) is 11.0 Å². The number of thiophene rings is 1. The lowest BCUT2D eigenvalue weighted by Crippen LogP contribution is -2.44. The zero-order valence-corrected chi connectivity index (χ0v) is 18.5. The maximum Gasteiger partial charge on any atom is 0.277 e. The molecule has 0 saturated carbocycles. The third kappa shape index (κ3) is 3.84. The Kier molecular flexibility index (Phi) is 5.47. The van der Waals surface area contributed by atoms with Crippen molar-refractivity contribution in [3.8, 4) is 11.5 Å². The van der Waals surface area contributed by atoms with Gasteiger partial charge in [-0.3, -0.25) is 4.79 Å². The van der Waals surface area contributed by atoms with Crippen molar-refractivity contribution >= 4 is 38.1 Å². The third-order valence-corrected chi connectivity index (χ3v) is 6.71. The van der Waals surface area contributed by atoms with Gasteiger partial charge in [0.15, 0.2) is 17.1 Å². The van der Waals surface area contributed by atoms with Crippen LogP contribution in [0.15, 0.2) is 34.7 Å². The number of methoxy groups -OCH3 is 1. The van der Waals surface area contributed by atoms with Crippen LogP contribution in [0, 0.1) is 0 Å². The Morgan fingerprint density at radius 2 is 1.97 bits per heavy atom. The van der Waals surface area contributed by atoms with Crippen molar-refractivity contribution in [2.75, 3.05) is 53.5 Å². The Morgan fingerprint density at radius 3 is 2.77 bits per heavy atom. The Morgan fingerprint density at radius 1 is 1.13 bits per heavy atom. The minimum absolute atomic E-state index is 0.102. The summed E-state index contributed by atoms with van der Waals surface area (Å²) in [6.45, 7) is 6.04. The number of ether oxygens (including phenoxy) is 2. The highest BCUT2D eigenvalue weighted by Gasteiger charge is 2.15. The molecule has 0 amide bonds. The van der Waals surface area contributed by atoms with E-state index in [-0.39, 0.29) is 5.56 Å². The molecule has 1 aliphatic rings. The molecule has 4 heterocycles. The predicted octanol–water partition coefficient (Wildman–Crippen LogP) is 2.48. The average Bonchev–Trinajstić information content (AvgIpc) is 3.26. The molecular weight excluding hydrogens is 414 g/mol. The first-order valence-corrected chi connectivity index (χ1v) is 11.3. The number of aromatic nitrogens is 3. The number of nitrogens with zero attached hydrogens (tertiary/aromatic N) is 5. The second-order valence-corrected chi connectivity index (χ2v) is 8.77. The van der Waals surface area contributed by atoms with Gasteiger partial charge in [-0.2, -0.15) is 0 Å². The zero-order chi connectivity index (χ0) is 21.4.